The molecule has 0 N–H and O–H groups in total. The van der Waals surface area contributed by atoms with Gasteiger partial charge in [-0.05, 0) is 24.3 Å². The van der Waals surface area contributed by atoms with Gasteiger partial charge in [0.05, 0.1) is 11.1 Å². The van der Waals surface area contributed by atoms with Gasteiger partial charge < -0.3 is 9.30 Å². The SMILES string of the molecule is Cn1c(COc2ccc(Cl)cc2C#N)nnc1-c1ccccc1C(F)(F)F. The molecular weight excluding hydrogens is 381 g/mol. The minimum absolute atomic E-state index is 0.0677. The molecule has 0 amide bonds. The zero-order valence-corrected chi connectivity index (χ0v) is 14.7. The number of alkyl halides is 3. The van der Waals surface area contributed by atoms with Gasteiger partial charge in [-0.15, -0.1) is 10.2 Å². The first-order valence-corrected chi connectivity index (χ1v) is 8.06. The minimum atomic E-state index is -4.51. The lowest BCUT2D eigenvalue weighted by atomic mass is 10.1. The van der Waals surface area contributed by atoms with E-state index in [2.05, 4.69) is 10.2 Å². The van der Waals surface area contributed by atoms with Crippen LogP contribution < -0.4 is 4.74 Å². The summed E-state index contributed by atoms with van der Waals surface area (Å²) in [4.78, 5) is 0. The molecule has 3 rings (SSSR count). The van der Waals surface area contributed by atoms with Crippen molar-refractivity contribution in [3.8, 4) is 23.2 Å². The number of nitrogens with zero attached hydrogens (tertiary/aromatic N) is 4. The van der Waals surface area contributed by atoms with Crippen molar-refractivity contribution >= 4 is 11.6 Å². The summed E-state index contributed by atoms with van der Waals surface area (Å²) in [5.74, 6) is 0.668. The summed E-state index contributed by atoms with van der Waals surface area (Å²) in [6.07, 6.45) is -4.51. The molecule has 0 saturated carbocycles. The molecule has 0 aliphatic heterocycles. The Morgan fingerprint density at radius 1 is 1.19 bits per heavy atom. The molecule has 1 aromatic heterocycles. The third-order valence-corrected chi connectivity index (χ3v) is 4.09. The van der Waals surface area contributed by atoms with Gasteiger partial charge >= 0.3 is 6.18 Å². The normalized spacial score (nSPS) is 11.3. The van der Waals surface area contributed by atoms with Gasteiger partial charge in [-0.25, -0.2) is 0 Å². The van der Waals surface area contributed by atoms with Crippen LogP contribution in [-0.4, -0.2) is 14.8 Å². The molecule has 3 aromatic rings. The van der Waals surface area contributed by atoms with Gasteiger partial charge in [0.1, 0.15) is 18.4 Å². The smallest absolute Gasteiger partial charge is 0.417 e. The largest absolute Gasteiger partial charge is 0.484 e. The summed E-state index contributed by atoms with van der Waals surface area (Å²) in [6, 6.07) is 11.7. The molecule has 0 aliphatic carbocycles. The lowest BCUT2D eigenvalue weighted by molar-refractivity contribution is -0.137. The molecule has 2 aromatic carbocycles. The van der Waals surface area contributed by atoms with Crippen molar-refractivity contribution in [2.24, 2.45) is 7.05 Å². The number of ether oxygens (including phenoxy) is 1. The van der Waals surface area contributed by atoms with Crippen LogP contribution in [0.2, 0.25) is 5.02 Å². The summed E-state index contributed by atoms with van der Waals surface area (Å²) in [5.41, 5.74) is -0.625. The van der Waals surface area contributed by atoms with Gasteiger partial charge in [0, 0.05) is 17.6 Å². The number of benzene rings is 2. The van der Waals surface area contributed by atoms with Crippen molar-refractivity contribution in [1.29, 1.82) is 5.26 Å². The van der Waals surface area contributed by atoms with Gasteiger partial charge in [-0.2, -0.15) is 18.4 Å². The van der Waals surface area contributed by atoms with Crippen LogP contribution in [0.25, 0.3) is 11.4 Å². The second-order valence-electron chi connectivity index (χ2n) is 5.58. The third kappa shape index (κ3) is 3.88. The van der Waals surface area contributed by atoms with E-state index < -0.39 is 11.7 Å². The molecule has 0 aliphatic rings. The van der Waals surface area contributed by atoms with E-state index in [1.165, 1.54) is 34.9 Å². The average Bonchev–Trinajstić information content (AvgIpc) is 3.00. The molecular formula is C18H12ClF3N4O. The van der Waals surface area contributed by atoms with E-state index >= 15 is 0 Å². The van der Waals surface area contributed by atoms with E-state index in [0.717, 1.165) is 6.07 Å². The zero-order chi connectivity index (χ0) is 19.6. The van der Waals surface area contributed by atoms with E-state index in [0.29, 0.717) is 16.6 Å². The van der Waals surface area contributed by atoms with Crippen LogP contribution in [0.1, 0.15) is 17.0 Å². The third-order valence-electron chi connectivity index (χ3n) is 3.86. The lowest BCUT2D eigenvalue weighted by Crippen LogP contribution is -2.09. The predicted octanol–water partition coefficient (Wildman–Crippen LogP) is 4.60. The first-order valence-electron chi connectivity index (χ1n) is 7.68. The van der Waals surface area contributed by atoms with E-state index in [4.69, 9.17) is 21.6 Å². The Hall–Kier alpha value is -3.05. The molecule has 9 heteroatoms. The van der Waals surface area contributed by atoms with Crippen LogP contribution in [0.15, 0.2) is 42.5 Å². The van der Waals surface area contributed by atoms with E-state index in [9.17, 15) is 13.2 Å². The summed E-state index contributed by atoms with van der Waals surface area (Å²) >= 11 is 5.84. The van der Waals surface area contributed by atoms with Gasteiger partial charge in [0.15, 0.2) is 11.6 Å². The molecule has 5 nitrogen and oxygen atoms in total. The molecule has 0 unspecified atom stereocenters. The highest BCUT2D eigenvalue weighted by Gasteiger charge is 2.34. The maximum absolute atomic E-state index is 13.2. The molecule has 0 saturated heterocycles. The second kappa shape index (κ2) is 7.29. The Bertz CT molecular complexity index is 1020. The number of nitriles is 1. The summed E-state index contributed by atoms with van der Waals surface area (Å²) in [5, 5.41) is 17.3. The van der Waals surface area contributed by atoms with Gasteiger partial charge in [-0.3, -0.25) is 0 Å². The fourth-order valence-electron chi connectivity index (χ4n) is 2.50. The van der Waals surface area contributed by atoms with Gasteiger partial charge in [0.2, 0.25) is 0 Å². The summed E-state index contributed by atoms with van der Waals surface area (Å²) in [6.45, 7) is -0.0754. The quantitative estimate of drug-likeness (QED) is 0.650. The molecule has 138 valence electrons. The standard InChI is InChI=1S/C18H12ClF3N4O/c1-26-16(10-27-15-7-6-12(19)8-11(15)9-23)24-25-17(26)13-4-2-3-5-14(13)18(20,21)22/h2-8H,10H2,1H3. The fourth-order valence-corrected chi connectivity index (χ4v) is 2.68. The van der Waals surface area contributed by atoms with Crippen molar-refractivity contribution in [1.82, 2.24) is 14.8 Å². The fraction of sp³-hybridized carbons (Fsp3) is 0.167. The number of aromatic nitrogens is 3. The van der Waals surface area contributed by atoms with Crippen molar-refractivity contribution in [3.63, 3.8) is 0 Å². The zero-order valence-electron chi connectivity index (χ0n) is 14.0. The summed E-state index contributed by atoms with van der Waals surface area (Å²) < 4.78 is 46.7. The Labute approximate surface area is 157 Å². The number of halogens is 4. The highest BCUT2D eigenvalue weighted by Crippen LogP contribution is 2.36. The van der Waals surface area contributed by atoms with Gasteiger partial charge in [0.25, 0.3) is 0 Å². The monoisotopic (exact) mass is 392 g/mol. The average molecular weight is 393 g/mol. The van der Waals surface area contributed by atoms with Gasteiger partial charge in [-0.1, -0.05) is 29.8 Å². The summed E-state index contributed by atoms with van der Waals surface area (Å²) in [7, 11) is 1.55. The Balaban J connectivity index is 1.89. The maximum atomic E-state index is 13.2. The predicted molar refractivity (Wildman–Crippen MR) is 91.9 cm³/mol. The van der Waals surface area contributed by atoms with E-state index in [-0.39, 0.29) is 23.6 Å². The van der Waals surface area contributed by atoms with Crippen molar-refractivity contribution in [2.75, 3.05) is 0 Å². The van der Waals surface area contributed by atoms with Crippen LogP contribution in [-0.2, 0) is 19.8 Å². The van der Waals surface area contributed by atoms with Crippen LogP contribution in [0.5, 0.6) is 5.75 Å². The number of rotatable bonds is 4. The molecule has 0 fully saturated rings. The molecule has 0 atom stereocenters. The Morgan fingerprint density at radius 3 is 2.63 bits per heavy atom. The Kier molecular flexibility index (Phi) is 5.06. The molecule has 0 spiro atoms. The first-order chi connectivity index (χ1) is 12.8. The second-order valence-corrected chi connectivity index (χ2v) is 6.02. The van der Waals surface area contributed by atoms with Crippen LogP contribution in [0.3, 0.4) is 0 Å². The highest BCUT2D eigenvalue weighted by molar-refractivity contribution is 6.30. The van der Waals surface area contributed by atoms with E-state index in [1.54, 1.807) is 13.1 Å². The van der Waals surface area contributed by atoms with E-state index in [1.807, 2.05) is 6.07 Å². The van der Waals surface area contributed by atoms with Crippen LogP contribution >= 0.6 is 11.6 Å². The first kappa shape index (κ1) is 18.7. The van der Waals surface area contributed by atoms with Crippen LogP contribution in [0.4, 0.5) is 13.2 Å². The number of hydrogen-bond donors (Lipinski definition) is 0. The van der Waals surface area contributed by atoms with Crippen molar-refractivity contribution < 1.29 is 17.9 Å². The highest BCUT2D eigenvalue weighted by atomic mass is 35.5. The Morgan fingerprint density at radius 2 is 1.93 bits per heavy atom. The number of hydrogen-bond acceptors (Lipinski definition) is 4. The molecule has 1 heterocycles. The topological polar surface area (TPSA) is 63.7 Å². The lowest BCUT2D eigenvalue weighted by Gasteiger charge is -2.12. The van der Waals surface area contributed by atoms with Crippen molar-refractivity contribution in [2.45, 2.75) is 12.8 Å². The minimum Gasteiger partial charge on any atom is -0.484 e. The molecule has 0 bridgehead atoms. The maximum Gasteiger partial charge on any atom is 0.417 e. The molecule has 27 heavy (non-hydrogen) atoms. The molecule has 0 radical (unpaired) electrons. The van der Waals surface area contributed by atoms with Crippen LogP contribution in [0, 0.1) is 11.3 Å². The van der Waals surface area contributed by atoms with Crippen molar-refractivity contribution in [3.05, 3.63) is 64.4 Å².